The molecule has 178 valence electrons. The van der Waals surface area contributed by atoms with E-state index in [1.54, 1.807) is 28.6 Å². The summed E-state index contributed by atoms with van der Waals surface area (Å²) in [5.74, 6) is 1.48. The number of amides is 1. The highest BCUT2D eigenvalue weighted by atomic mass is 32.2. The van der Waals surface area contributed by atoms with Crippen molar-refractivity contribution in [2.75, 3.05) is 26.3 Å². The van der Waals surface area contributed by atoms with E-state index in [1.807, 2.05) is 18.2 Å². The molecule has 0 spiro atoms. The number of benzene rings is 2. The van der Waals surface area contributed by atoms with Gasteiger partial charge < -0.3 is 14.8 Å². The summed E-state index contributed by atoms with van der Waals surface area (Å²) < 4.78 is 38.5. The third kappa shape index (κ3) is 5.50. The molecule has 2 aromatic carbocycles. The Bertz CT molecular complexity index is 1080. The number of carbonyl (C=O) groups excluding carboxylic acids is 1. The molecule has 0 saturated carbocycles. The van der Waals surface area contributed by atoms with Gasteiger partial charge in [-0.3, -0.25) is 4.79 Å². The molecule has 2 aromatic rings. The first-order valence-electron chi connectivity index (χ1n) is 11.6. The number of nitrogens with one attached hydrogen (secondary N) is 1. The predicted molar refractivity (Wildman–Crippen MR) is 126 cm³/mol. The van der Waals surface area contributed by atoms with Crippen LogP contribution in [0.2, 0.25) is 0 Å². The average molecular weight is 473 g/mol. The maximum atomic E-state index is 12.8. The summed E-state index contributed by atoms with van der Waals surface area (Å²) in [7, 11) is -3.47. The smallest absolute Gasteiger partial charge is 0.243 e. The summed E-state index contributed by atoms with van der Waals surface area (Å²) in [6.45, 7) is 6.31. The Kier molecular flexibility index (Phi) is 7.24. The van der Waals surface area contributed by atoms with Gasteiger partial charge in [-0.05, 0) is 54.2 Å². The molecule has 1 atom stereocenters. The van der Waals surface area contributed by atoms with Crippen LogP contribution < -0.4 is 14.8 Å². The van der Waals surface area contributed by atoms with E-state index in [0.717, 1.165) is 36.1 Å². The standard InChI is InChI=1S/C25H32N2O5S/c1-18(2)25(20-8-11-22-23(17-20)32-15-14-31-22)26-24(28)16-19-6-9-21(10-7-19)33(29,30)27-12-4-3-5-13-27/h6-11,17-18,25H,3-5,12-16H2,1-2H3,(H,26,28). The Morgan fingerprint density at radius 3 is 2.30 bits per heavy atom. The second-order valence-electron chi connectivity index (χ2n) is 8.98. The Morgan fingerprint density at radius 2 is 1.64 bits per heavy atom. The molecule has 1 N–H and O–H groups in total. The maximum absolute atomic E-state index is 12.8. The molecule has 1 unspecified atom stereocenters. The second kappa shape index (κ2) is 10.1. The minimum atomic E-state index is -3.47. The van der Waals surface area contributed by atoms with Crippen LogP contribution in [0.25, 0.3) is 0 Å². The number of piperidine rings is 1. The number of hydrogen-bond acceptors (Lipinski definition) is 5. The van der Waals surface area contributed by atoms with Crippen LogP contribution in [0.1, 0.15) is 50.3 Å². The first-order chi connectivity index (χ1) is 15.8. The summed E-state index contributed by atoms with van der Waals surface area (Å²) in [4.78, 5) is 13.1. The molecular formula is C25H32N2O5S. The van der Waals surface area contributed by atoms with Gasteiger partial charge in [-0.1, -0.05) is 38.5 Å². The van der Waals surface area contributed by atoms with Crippen LogP contribution in [0.15, 0.2) is 47.4 Å². The van der Waals surface area contributed by atoms with Crippen molar-refractivity contribution in [2.24, 2.45) is 5.92 Å². The molecule has 0 aromatic heterocycles. The van der Waals surface area contributed by atoms with E-state index < -0.39 is 10.0 Å². The fourth-order valence-electron chi connectivity index (χ4n) is 4.33. The topological polar surface area (TPSA) is 84.9 Å². The van der Waals surface area contributed by atoms with Crippen LogP contribution in [0.3, 0.4) is 0 Å². The second-order valence-corrected chi connectivity index (χ2v) is 10.9. The molecule has 1 saturated heterocycles. The van der Waals surface area contributed by atoms with Gasteiger partial charge in [0.05, 0.1) is 17.4 Å². The van der Waals surface area contributed by atoms with Gasteiger partial charge in [0.25, 0.3) is 0 Å². The number of ether oxygens (including phenoxy) is 2. The van der Waals surface area contributed by atoms with E-state index in [-0.39, 0.29) is 29.2 Å². The van der Waals surface area contributed by atoms with Crippen LogP contribution >= 0.6 is 0 Å². The molecule has 4 rings (SSSR count). The van der Waals surface area contributed by atoms with Crippen molar-refractivity contribution in [3.05, 3.63) is 53.6 Å². The number of nitrogens with zero attached hydrogens (tertiary/aromatic N) is 1. The van der Waals surface area contributed by atoms with E-state index in [4.69, 9.17) is 9.47 Å². The first kappa shape index (κ1) is 23.6. The van der Waals surface area contributed by atoms with E-state index >= 15 is 0 Å². The Labute approximate surface area is 196 Å². The molecule has 1 amide bonds. The Morgan fingerprint density at radius 1 is 0.970 bits per heavy atom. The van der Waals surface area contributed by atoms with Crippen molar-refractivity contribution >= 4 is 15.9 Å². The van der Waals surface area contributed by atoms with E-state index in [2.05, 4.69) is 19.2 Å². The lowest BCUT2D eigenvalue weighted by Gasteiger charge is -2.26. The zero-order valence-corrected chi connectivity index (χ0v) is 20.1. The van der Waals surface area contributed by atoms with Crippen LogP contribution in [0.4, 0.5) is 0 Å². The van der Waals surface area contributed by atoms with Crippen LogP contribution in [-0.4, -0.2) is 44.9 Å². The van der Waals surface area contributed by atoms with Crippen molar-refractivity contribution in [3.63, 3.8) is 0 Å². The number of hydrogen-bond donors (Lipinski definition) is 1. The SMILES string of the molecule is CC(C)C(NC(=O)Cc1ccc(S(=O)(=O)N2CCCCC2)cc1)c1ccc2c(c1)OCCO2. The van der Waals surface area contributed by atoms with Crippen LogP contribution in [-0.2, 0) is 21.2 Å². The molecule has 0 radical (unpaired) electrons. The zero-order valence-electron chi connectivity index (χ0n) is 19.2. The quantitative estimate of drug-likeness (QED) is 0.664. The first-order valence-corrected chi connectivity index (χ1v) is 13.1. The summed E-state index contributed by atoms with van der Waals surface area (Å²) in [5, 5.41) is 3.12. The largest absolute Gasteiger partial charge is 0.486 e. The van der Waals surface area contributed by atoms with Gasteiger partial charge in [0.2, 0.25) is 15.9 Å². The third-order valence-corrected chi connectivity index (χ3v) is 8.06. The van der Waals surface area contributed by atoms with Gasteiger partial charge in [-0.15, -0.1) is 0 Å². The van der Waals surface area contributed by atoms with Crippen molar-refractivity contribution in [1.29, 1.82) is 0 Å². The summed E-state index contributed by atoms with van der Waals surface area (Å²) in [6.07, 6.45) is 3.05. The molecule has 7 nitrogen and oxygen atoms in total. The monoisotopic (exact) mass is 472 g/mol. The van der Waals surface area contributed by atoms with Crippen molar-refractivity contribution in [2.45, 2.75) is 50.5 Å². The van der Waals surface area contributed by atoms with Crippen molar-refractivity contribution < 1.29 is 22.7 Å². The fraction of sp³-hybridized carbons (Fsp3) is 0.480. The van der Waals surface area contributed by atoms with E-state index in [1.165, 1.54) is 0 Å². The molecule has 0 aliphatic carbocycles. The number of sulfonamides is 1. The van der Waals surface area contributed by atoms with Gasteiger partial charge in [-0.2, -0.15) is 4.31 Å². The predicted octanol–water partition coefficient (Wildman–Crippen LogP) is 3.69. The molecule has 2 heterocycles. The lowest BCUT2D eigenvalue weighted by molar-refractivity contribution is -0.121. The molecule has 1 fully saturated rings. The third-order valence-electron chi connectivity index (χ3n) is 6.15. The highest BCUT2D eigenvalue weighted by Crippen LogP contribution is 2.34. The minimum Gasteiger partial charge on any atom is -0.486 e. The number of fused-ring (bicyclic) bond motifs is 1. The van der Waals surface area contributed by atoms with Crippen molar-refractivity contribution in [1.82, 2.24) is 9.62 Å². The van der Waals surface area contributed by atoms with Gasteiger partial charge in [-0.25, -0.2) is 8.42 Å². The summed E-state index contributed by atoms with van der Waals surface area (Å²) >= 11 is 0. The van der Waals surface area contributed by atoms with Gasteiger partial charge in [0, 0.05) is 13.1 Å². The highest BCUT2D eigenvalue weighted by molar-refractivity contribution is 7.89. The fourth-order valence-corrected chi connectivity index (χ4v) is 5.85. The zero-order chi connectivity index (χ0) is 23.4. The van der Waals surface area contributed by atoms with Crippen LogP contribution in [0, 0.1) is 5.92 Å². The summed E-state index contributed by atoms with van der Waals surface area (Å²) in [6, 6.07) is 12.3. The minimum absolute atomic E-state index is 0.116. The molecule has 0 bridgehead atoms. The van der Waals surface area contributed by atoms with Crippen LogP contribution in [0.5, 0.6) is 11.5 Å². The lowest BCUT2D eigenvalue weighted by atomic mass is 9.95. The molecule has 2 aliphatic rings. The molecule has 8 heteroatoms. The van der Waals surface area contributed by atoms with E-state index in [0.29, 0.717) is 32.1 Å². The molecule has 2 aliphatic heterocycles. The number of rotatable bonds is 7. The highest BCUT2D eigenvalue weighted by Gasteiger charge is 2.26. The Balaban J connectivity index is 1.42. The maximum Gasteiger partial charge on any atom is 0.243 e. The van der Waals surface area contributed by atoms with Crippen molar-refractivity contribution in [3.8, 4) is 11.5 Å². The van der Waals surface area contributed by atoms with Gasteiger partial charge >= 0.3 is 0 Å². The molecular weight excluding hydrogens is 440 g/mol. The Hall–Kier alpha value is -2.58. The summed E-state index contributed by atoms with van der Waals surface area (Å²) in [5.41, 5.74) is 1.74. The normalized spacial score (nSPS) is 17.5. The average Bonchev–Trinajstić information content (AvgIpc) is 2.83. The van der Waals surface area contributed by atoms with Gasteiger partial charge in [0.1, 0.15) is 13.2 Å². The lowest BCUT2D eigenvalue weighted by Crippen LogP contribution is -2.35. The van der Waals surface area contributed by atoms with E-state index in [9.17, 15) is 13.2 Å². The van der Waals surface area contributed by atoms with Gasteiger partial charge in [0.15, 0.2) is 11.5 Å². The number of carbonyl (C=O) groups is 1. The molecule has 33 heavy (non-hydrogen) atoms.